The van der Waals surface area contributed by atoms with Crippen LogP contribution in [-0.4, -0.2) is 67.2 Å². The molecule has 0 radical (unpaired) electrons. The van der Waals surface area contributed by atoms with Crippen LogP contribution >= 0.6 is 11.8 Å². The number of amides is 1. The molecule has 0 spiro atoms. The van der Waals surface area contributed by atoms with Gasteiger partial charge in [0.15, 0.2) is 5.16 Å². The number of hydrogen-bond donors (Lipinski definition) is 1. The number of thioether (sulfide) groups is 1. The van der Waals surface area contributed by atoms with Crippen molar-refractivity contribution >= 4 is 44.4 Å². The van der Waals surface area contributed by atoms with Crippen LogP contribution in [0, 0.1) is 0 Å². The molecule has 1 N–H and O–H groups in total. The number of aromatic amines is 1. The van der Waals surface area contributed by atoms with E-state index in [9.17, 15) is 13.2 Å². The highest BCUT2D eigenvalue weighted by atomic mass is 32.2. The smallest absolute Gasteiger partial charge is 0.243 e. The van der Waals surface area contributed by atoms with Gasteiger partial charge < -0.3 is 14.6 Å². The lowest BCUT2D eigenvalue weighted by atomic mass is 10.2. The molecule has 3 heterocycles. The summed E-state index contributed by atoms with van der Waals surface area (Å²) in [4.78, 5) is 22.6. The first kappa shape index (κ1) is 20.5. The van der Waals surface area contributed by atoms with Crippen LogP contribution in [0.3, 0.4) is 0 Å². The van der Waals surface area contributed by atoms with Gasteiger partial charge in [-0.3, -0.25) is 4.79 Å². The average molecular weight is 459 g/mol. The van der Waals surface area contributed by atoms with Gasteiger partial charge in [-0.15, -0.1) is 0 Å². The van der Waals surface area contributed by atoms with E-state index in [0.717, 1.165) is 22.3 Å². The van der Waals surface area contributed by atoms with Crippen molar-refractivity contribution in [2.75, 3.05) is 43.5 Å². The zero-order valence-electron chi connectivity index (χ0n) is 16.8. The summed E-state index contributed by atoms with van der Waals surface area (Å²) in [7, 11) is -3.55. The van der Waals surface area contributed by atoms with Crippen LogP contribution in [0.15, 0.2) is 52.5 Å². The number of benzene rings is 2. The van der Waals surface area contributed by atoms with Gasteiger partial charge in [-0.05, 0) is 42.3 Å². The zero-order valence-corrected chi connectivity index (χ0v) is 18.4. The van der Waals surface area contributed by atoms with Gasteiger partial charge in [0.25, 0.3) is 0 Å². The van der Waals surface area contributed by atoms with Crippen molar-refractivity contribution < 1.29 is 17.9 Å². The minimum Gasteiger partial charge on any atom is -0.379 e. The van der Waals surface area contributed by atoms with E-state index < -0.39 is 10.0 Å². The van der Waals surface area contributed by atoms with Crippen molar-refractivity contribution in [1.82, 2.24) is 14.3 Å². The maximum absolute atomic E-state index is 12.9. The first-order valence-corrected chi connectivity index (χ1v) is 12.5. The number of ether oxygens (including phenoxy) is 1. The summed E-state index contributed by atoms with van der Waals surface area (Å²) in [5.74, 6) is 0.237. The highest BCUT2D eigenvalue weighted by Crippen LogP contribution is 2.32. The SMILES string of the molecule is O=C(CSc1nc2ccccc2[nH]1)N1CCc2cc(S(=O)(=O)N3CCOCC3)ccc21. The van der Waals surface area contributed by atoms with Crippen LogP contribution in [0.25, 0.3) is 11.0 Å². The normalized spacial score (nSPS) is 17.2. The number of H-pyrrole nitrogens is 1. The molecule has 5 rings (SSSR count). The molecule has 1 amide bonds. The number of anilines is 1. The summed E-state index contributed by atoms with van der Waals surface area (Å²) in [6.07, 6.45) is 0.642. The molecule has 8 nitrogen and oxygen atoms in total. The summed E-state index contributed by atoms with van der Waals surface area (Å²) in [6.45, 7) is 2.10. The van der Waals surface area contributed by atoms with Crippen LogP contribution in [0.4, 0.5) is 5.69 Å². The molecule has 31 heavy (non-hydrogen) atoms. The summed E-state index contributed by atoms with van der Waals surface area (Å²) < 4.78 is 32.5. The number of rotatable bonds is 5. The molecule has 0 atom stereocenters. The van der Waals surface area contributed by atoms with Crippen molar-refractivity contribution in [3.8, 4) is 0 Å². The number of sulfonamides is 1. The van der Waals surface area contributed by atoms with Crippen molar-refractivity contribution in [3.05, 3.63) is 48.0 Å². The molecule has 0 saturated carbocycles. The van der Waals surface area contributed by atoms with Crippen LogP contribution in [0.2, 0.25) is 0 Å². The van der Waals surface area contributed by atoms with Gasteiger partial charge in [-0.2, -0.15) is 4.31 Å². The first-order valence-electron chi connectivity index (χ1n) is 10.1. The Hall–Kier alpha value is -2.40. The van der Waals surface area contributed by atoms with Crippen LogP contribution in [0.1, 0.15) is 5.56 Å². The molecular weight excluding hydrogens is 436 g/mol. The molecule has 0 unspecified atom stereocenters. The molecular formula is C21H22N4O4S2. The molecule has 3 aromatic rings. The third-order valence-corrected chi connectivity index (χ3v) is 8.31. The van der Waals surface area contributed by atoms with Gasteiger partial charge in [-0.25, -0.2) is 13.4 Å². The fraction of sp³-hybridized carbons (Fsp3) is 0.333. The summed E-state index contributed by atoms with van der Waals surface area (Å²) in [6, 6.07) is 12.8. The van der Waals surface area contributed by atoms with E-state index in [1.54, 1.807) is 23.1 Å². The lowest BCUT2D eigenvalue weighted by Crippen LogP contribution is -2.40. The zero-order chi connectivity index (χ0) is 21.4. The maximum Gasteiger partial charge on any atom is 0.243 e. The Morgan fingerprint density at radius 1 is 1.13 bits per heavy atom. The number of aromatic nitrogens is 2. The van der Waals surface area contributed by atoms with E-state index in [0.29, 0.717) is 44.4 Å². The van der Waals surface area contributed by atoms with Gasteiger partial charge in [-0.1, -0.05) is 23.9 Å². The molecule has 162 valence electrons. The van der Waals surface area contributed by atoms with Crippen molar-refractivity contribution in [3.63, 3.8) is 0 Å². The number of para-hydroxylation sites is 2. The van der Waals surface area contributed by atoms with E-state index in [1.165, 1.54) is 16.1 Å². The van der Waals surface area contributed by atoms with Crippen molar-refractivity contribution in [1.29, 1.82) is 0 Å². The fourth-order valence-corrected chi connectivity index (χ4v) is 6.16. The molecule has 0 aliphatic carbocycles. The van der Waals surface area contributed by atoms with Gasteiger partial charge in [0.2, 0.25) is 15.9 Å². The molecule has 2 aliphatic heterocycles. The molecule has 2 aliphatic rings. The van der Waals surface area contributed by atoms with Crippen LogP contribution < -0.4 is 4.90 Å². The topological polar surface area (TPSA) is 95.6 Å². The number of nitrogens with zero attached hydrogens (tertiary/aromatic N) is 3. The van der Waals surface area contributed by atoms with Crippen molar-refractivity contribution in [2.24, 2.45) is 0 Å². The highest BCUT2D eigenvalue weighted by Gasteiger charge is 2.30. The van der Waals surface area contributed by atoms with Crippen LogP contribution in [-0.2, 0) is 26.0 Å². The van der Waals surface area contributed by atoms with E-state index in [2.05, 4.69) is 9.97 Å². The molecule has 1 saturated heterocycles. The number of hydrogen-bond acceptors (Lipinski definition) is 6. The molecule has 2 aromatic carbocycles. The van der Waals surface area contributed by atoms with Crippen LogP contribution in [0.5, 0.6) is 0 Å². The van der Waals surface area contributed by atoms with E-state index >= 15 is 0 Å². The Morgan fingerprint density at radius 3 is 2.74 bits per heavy atom. The predicted molar refractivity (Wildman–Crippen MR) is 119 cm³/mol. The van der Waals surface area contributed by atoms with Gasteiger partial charge in [0.1, 0.15) is 0 Å². The van der Waals surface area contributed by atoms with E-state index in [1.807, 2.05) is 24.3 Å². The summed E-state index contributed by atoms with van der Waals surface area (Å²) >= 11 is 1.37. The highest BCUT2D eigenvalue weighted by molar-refractivity contribution is 7.99. The largest absolute Gasteiger partial charge is 0.379 e. The van der Waals surface area contributed by atoms with Gasteiger partial charge in [0, 0.05) is 25.3 Å². The number of imidazole rings is 1. The Bertz CT molecular complexity index is 1200. The standard InChI is InChI=1S/C21H22N4O4S2/c26-20(14-30-21-22-17-3-1-2-4-18(17)23-21)25-8-7-15-13-16(5-6-19(15)25)31(27,28)24-9-11-29-12-10-24/h1-6,13H,7-12,14H2,(H,22,23). The van der Waals surface area contributed by atoms with E-state index in [-0.39, 0.29) is 16.6 Å². The maximum atomic E-state index is 12.9. The predicted octanol–water partition coefficient (Wildman–Crippen LogP) is 2.27. The second-order valence-corrected chi connectivity index (χ2v) is 10.4. The quantitative estimate of drug-likeness (QED) is 0.590. The lowest BCUT2D eigenvalue weighted by Gasteiger charge is -2.26. The van der Waals surface area contributed by atoms with Crippen molar-refractivity contribution in [2.45, 2.75) is 16.5 Å². The third-order valence-electron chi connectivity index (χ3n) is 5.56. The lowest BCUT2D eigenvalue weighted by molar-refractivity contribution is -0.116. The number of carbonyl (C=O) groups excluding carboxylic acids is 1. The van der Waals surface area contributed by atoms with Gasteiger partial charge >= 0.3 is 0 Å². The Balaban J connectivity index is 1.29. The minimum atomic E-state index is -3.55. The number of carbonyl (C=O) groups is 1. The fourth-order valence-electron chi connectivity index (χ4n) is 3.94. The second-order valence-electron chi connectivity index (χ2n) is 7.45. The first-order chi connectivity index (χ1) is 15.0. The Morgan fingerprint density at radius 2 is 1.94 bits per heavy atom. The third kappa shape index (κ3) is 3.96. The number of nitrogens with one attached hydrogen (secondary N) is 1. The van der Waals surface area contributed by atoms with Gasteiger partial charge in [0.05, 0.1) is 34.9 Å². The second kappa shape index (κ2) is 8.27. The molecule has 10 heteroatoms. The number of morpholine rings is 1. The number of fused-ring (bicyclic) bond motifs is 2. The monoisotopic (exact) mass is 458 g/mol. The Kier molecular flexibility index (Phi) is 5.47. The summed E-state index contributed by atoms with van der Waals surface area (Å²) in [5.41, 5.74) is 3.49. The summed E-state index contributed by atoms with van der Waals surface area (Å²) in [5, 5.41) is 0.709. The molecule has 1 fully saturated rings. The Labute approximate surface area is 184 Å². The average Bonchev–Trinajstić information content (AvgIpc) is 3.41. The molecule has 0 bridgehead atoms. The molecule has 1 aromatic heterocycles. The minimum absolute atomic E-state index is 0.0204. The van der Waals surface area contributed by atoms with E-state index in [4.69, 9.17) is 4.74 Å².